The van der Waals surface area contributed by atoms with E-state index < -0.39 is 15.5 Å². The molecule has 1 atom stereocenters. The van der Waals surface area contributed by atoms with Gasteiger partial charge in [-0.15, -0.1) is 0 Å². The van der Waals surface area contributed by atoms with Gasteiger partial charge < -0.3 is 4.74 Å². The second kappa shape index (κ2) is 9.55. The Balaban J connectivity index is 1.30. The lowest BCUT2D eigenvalue weighted by molar-refractivity contribution is -0.0429. The van der Waals surface area contributed by atoms with Crippen LogP contribution in [-0.4, -0.2) is 35.3 Å². The molecule has 0 saturated carbocycles. The Bertz CT molecular complexity index is 1530. The zero-order valence-corrected chi connectivity index (χ0v) is 20.6. The summed E-state index contributed by atoms with van der Waals surface area (Å²) < 4.78 is 71.4. The number of aryl methyl sites for hydroxylation is 1. The second-order valence-corrected chi connectivity index (χ2v) is 10.6. The van der Waals surface area contributed by atoms with Crippen molar-refractivity contribution >= 4 is 15.7 Å². The molecule has 5 rings (SSSR count). The van der Waals surface area contributed by atoms with Crippen LogP contribution < -0.4 is 9.46 Å². The van der Waals surface area contributed by atoms with Gasteiger partial charge in [0.25, 0.3) is 0 Å². The molecular weight excluding hydrogens is 505 g/mol. The third kappa shape index (κ3) is 5.31. The number of rotatable bonds is 6. The minimum Gasteiger partial charge on any atom is -0.493 e. The summed E-state index contributed by atoms with van der Waals surface area (Å²) in [6, 6.07) is 15.3. The SMILES string of the molecule is Cn1cc(-c2ccc(C[C@H]3COc4cc(-c5ccccc5NS(=O)(=O)C(F)(F)F)ccc4C3)nc2)cn1. The number of fused-ring (bicyclic) bond motifs is 1. The fourth-order valence-electron chi connectivity index (χ4n) is 4.34. The number of benzene rings is 2. The van der Waals surface area contributed by atoms with Gasteiger partial charge in [0.05, 0.1) is 18.5 Å². The molecule has 0 fully saturated rings. The molecule has 0 saturated heterocycles. The molecule has 3 heterocycles. The first kappa shape index (κ1) is 24.8. The number of hydrogen-bond acceptors (Lipinski definition) is 5. The molecule has 2 aromatic heterocycles. The fourth-order valence-corrected chi connectivity index (χ4v) is 4.93. The quantitative estimate of drug-likeness (QED) is 0.372. The van der Waals surface area contributed by atoms with E-state index in [1.165, 1.54) is 12.1 Å². The maximum atomic E-state index is 12.9. The number of aromatic nitrogens is 3. The van der Waals surface area contributed by atoms with Crippen LogP contribution in [0.25, 0.3) is 22.3 Å². The molecule has 0 aliphatic carbocycles. The van der Waals surface area contributed by atoms with E-state index in [1.807, 2.05) is 37.6 Å². The van der Waals surface area contributed by atoms with Crippen LogP contribution in [0.4, 0.5) is 18.9 Å². The van der Waals surface area contributed by atoms with Gasteiger partial charge in [-0.05, 0) is 42.2 Å². The minimum absolute atomic E-state index is 0.158. The molecule has 1 N–H and O–H groups in total. The molecule has 1 aliphatic heterocycles. The van der Waals surface area contributed by atoms with Crippen molar-refractivity contribution in [3.63, 3.8) is 0 Å². The summed E-state index contributed by atoms with van der Waals surface area (Å²) in [7, 11) is -3.68. The molecule has 11 heteroatoms. The molecule has 2 aromatic carbocycles. The van der Waals surface area contributed by atoms with E-state index in [0.29, 0.717) is 23.5 Å². The van der Waals surface area contributed by atoms with E-state index in [0.717, 1.165) is 35.2 Å². The molecular formula is C26H23F3N4O3S. The summed E-state index contributed by atoms with van der Waals surface area (Å²) in [5.74, 6) is 0.836. The van der Waals surface area contributed by atoms with Gasteiger partial charge in [-0.3, -0.25) is 14.4 Å². The number of sulfonamides is 1. The molecule has 7 nitrogen and oxygen atoms in total. The van der Waals surface area contributed by atoms with E-state index in [1.54, 1.807) is 39.9 Å². The molecule has 192 valence electrons. The van der Waals surface area contributed by atoms with Crippen LogP contribution in [0.3, 0.4) is 0 Å². The van der Waals surface area contributed by atoms with Gasteiger partial charge >= 0.3 is 15.5 Å². The summed E-state index contributed by atoms with van der Waals surface area (Å²) in [5, 5.41) is 4.18. The lowest BCUT2D eigenvalue weighted by Crippen LogP contribution is -2.30. The van der Waals surface area contributed by atoms with Gasteiger partial charge in [0.2, 0.25) is 0 Å². The third-order valence-electron chi connectivity index (χ3n) is 6.20. The van der Waals surface area contributed by atoms with Crippen LogP contribution in [0.2, 0.25) is 0 Å². The van der Waals surface area contributed by atoms with E-state index in [-0.39, 0.29) is 11.6 Å². The maximum Gasteiger partial charge on any atom is 0.516 e. The largest absolute Gasteiger partial charge is 0.516 e. The highest BCUT2D eigenvalue weighted by Gasteiger charge is 2.46. The fraction of sp³-hybridized carbons (Fsp3) is 0.231. The van der Waals surface area contributed by atoms with Crippen molar-refractivity contribution in [3.8, 4) is 28.0 Å². The van der Waals surface area contributed by atoms with E-state index in [9.17, 15) is 21.6 Å². The standard InChI is InChI=1S/C26H23F3N4O3S/c1-33-15-21(14-31-33)20-8-9-22(30-13-20)11-17-10-19-7-6-18(12-25(19)36-16-17)23-4-2-3-5-24(23)32-37(34,35)26(27,28)29/h2-9,12-15,17,32H,10-11,16H2,1H3/t17-/m0/s1. The zero-order chi connectivity index (χ0) is 26.2. The minimum atomic E-state index is -5.54. The number of ether oxygens (including phenoxy) is 1. The summed E-state index contributed by atoms with van der Waals surface area (Å²) >= 11 is 0. The lowest BCUT2D eigenvalue weighted by atomic mass is 9.91. The second-order valence-electron chi connectivity index (χ2n) is 8.95. The average molecular weight is 529 g/mol. The molecule has 0 radical (unpaired) electrons. The highest BCUT2D eigenvalue weighted by molar-refractivity contribution is 7.93. The Kier molecular flexibility index (Phi) is 6.40. The number of alkyl halides is 3. The van der Waals surface area contributed by atoms with Crippen LogP contribution in [0.1, 0.15) is 11.3 Å². The summed E-state index contributed by atoms with van der Waals surface area (Å²) in [6.07, 6.45) is 7.04. The normalized spacial score (nSPS) is 15.6. The van der Waals surface area contributed by atoms with Gasteiger partial charge in [0, 0.05) is 47.7 Å². The highest BCUT2D eigenvalue weighted by Crippen LogP contribution is 2.37. The van der Waals surface area contributed by atoms with Crippen LogP contribution in [0.5, 0.6) is 5.75 Å². The predicted octanol–water partition coefficient (Wildman–Crippen LogP) is 5.20. The Morgan fingerprint density at radius 3 is 2.54 bits per heavy atom. The van der Waals surface area contributed by atoms with Gasteiger partial charge in [0.1, 0.15) is 5.75 Å². The van der Waals surface area contributed by atoms with Crippen LogP contribution in [0, 0.1) is 5.92 Å². The predicted molar refractivity (Wildman–Crippen MR) is 133 cm³/mol. The van der Waals surface area contributed by atoms with Crippen molar-refractivity contribution in [1.82, 2.24) is 14.8 Å². The number of pyridine rings is 1. The number of anilines is 1. The first-order valence-electron chi connectivity index (χ1n) is 11.5. The van der Waals surface area contributed by atoms with Crippen molar-refractivity contribution in [2.75, 3.05) is 11.3 Å². The van der Waals surface area contributed by atoms with Gasteiger partial charge in [-0.25, -0.2) is 0 Å². The van der Waals surface area contributed by atoms with Crippen LogP contribution in [-0.2, 0) is 29.9 Å². The smallest absolute Gasteiger partial charge is 0.493 e. The summed E-state index contributed by atoms with van der Waals surface area (Å²) in [6.45, 7) is 0.463. The van der Waals surface area contributed by atoms with E-state index >= 15 is 0 Å². The number of nitrogens with one attached hydrogen (secondary N) is 1. The molecule has 0 unspecified atom stereocenters. The molecule has 0 bridgehead atoms. The first-order valence-corrected chi connectivity index (χ1v) is 13.0. The number of nitrogens with zero attached hydrogens (tertiary/aromatic N) is 3. The molecule has 1 aliphatic rings. The topological polar surface area (TPSA) is 86.1 Å². The lowest BCUT2D eigenvalue weighted by Gasteiger charge is -2.26. The average Bonchev–Trinajstić information content (AvgIpc) is 3.30. The Labute approximate surface area is 212 Å². The number of para-hydroxylation sites is 1. The van der Waals surface area contributed by atoms with Crippen LogP contribution in [0.15, 0.2) is 73.2 Å². The summed E-state index contributed by atoms with van der Waals surface area (Å²) in [4.78, 5) is 4.60. The van der Waals surface area contributed by atoms with Crippen molar-refractivity contribution in [1.29, 1.82) is 0 Å². The van der Waals surface area contributed by atoms with Gasteiger partial charge in [-0.2, -0.15) is 26.7 Å². The van der Waals surface area contributed by atoms with Crippen LogP contribution >= 0.6 is 0 Å². The van der Waals surface area contributed by atoms with E-state index in [2.05, 4.69) is 10.1 Å². The molecule has 4 aromatic rings. The van der Waals surface area contributed by atoms with Crippen molar-refractivity contribution in [2.45, 2.75) is 18.3 Å². The Morgan fingerprint density at radius 1 is 1.05 bits per heavy atom. The molecule has 37 heavy (non-hydrogen) atoms. The highest BCUT2D eigenvalue weighted by atomic mass is 32.2. The number of halogens is 3. The van der Waals surface area contributed by atoms with E-state index in [4.69, 9.17) is 4.74 Å². The van der Waals surface area contributed by atoms with Crippen molar-refractivity contribution in [2.24, 2.45) is 13.0 Å². The monoisotopic (exact) mass is 528 g/mol. The first-order chi connectivity index (χ1) is 17.6. The Morgan fingerprint density at radius 2 is 1.84 bits per heavy atom. The van der Waals surface area contributed by atoms with Crippen molar-refractivity contribution < 1.29 is 26.3 Å². The van der Waals surface area contributed by atoms with Crippen molar-refractivity contribution in [3.05, 3.63) is 84.4 Å². The van der Waals surface area contributed by atoms with Gasteiger partial charge in [0.15, 0.2) is 0 Å². The molecule has 0 amide bonds. The molecule has 0 spiro atoms. The third-order valence-corrected chi connectivity index (χ3v) is 7.30. The van der Waals surface area contributed by atoms with Gasteiger partial charge in [-0.1, -0.05) is 36.4 Å². The number of hydrogen-bond donors (Lipinski definition) is 1. The zero-order valence-electron chi connectivity index (χ0n) is 19.7. The maximum absolute atomic E-state index is 12.9. The Hall–Kier alpha value is -3.86. The summed E-state index contributed by atoms with van der Waals surface area (Å²) in [5.41, 5.74) is -0.788.